The van der Waals surface area contributed by atoms with Crippen LogP contribution in [0, 0.1) is 0 Å². The van der Waals surface area contributed by atoms with Crippen LogP contribution >= 0.6 is 0 Å². The number of azide groups is 1. The molecule has 0 bridgehead atoms. The van der Waals surface area contributed by atoms with Gasteiger partial charge in [-0.1, -0.05) is 5.11 Å². The van der Waals surface area contributed by atoms with Gasteiger partial charge in [0.2, 0.25) is 5.72 Å². The van der Waals surface area contributed by atoms with Gasteiger partial charge in [0.25, 0.3) is 0 Å². The molecule has 2 heterocycles. The SMILES string of the molecule is [N-]=[N+]=NC1(CO)OC(n2ccc(NC(=O)O)nc2=O)C(O)C1O. The predicted octanol–water partition coefficient (Wildman–Crippen LogP) is -1.42. The Bertz CT molecular complexity index is 716. The van der Waals surface area contributed by atoms with Gasteiger partial charge in [-0.2, -0.15) is 4.98 Å². The molecule has 1 aliphatic heterocycles. The molecule has 0 spiro atoms. The second kappa shape index (κ2) is 6.20. The van der Waals surface area contributed by atoms with Crippen LogP contribution in [0.5, 0.6) is 0 Å². The Balaban J connectivity index is 2.37. The van der Waals surface area contributed by atoms with Gasteiger partial charge in [-0.05, 0) is 11.6 Å². The molecular formula is C10H12N6O7. The second-order valence-electron chi connectivity index (χ2n) is 4.57. The van der Waals surface area contributed by atoms with Crippen LogP contribution in [-0.2, 0) is 4.74 Å². The van der Waals surface area contributed by atoms with E-state index in [4.69, 9.17) is 15.4 Å². The van der Waals surface area contributed by atoms with Gasteiger partial charge in [0.05, 0.1) is 6.61 Å². The number of nitrogens with zero attached hydrogens (tertiary/aromatic N) is 5. The number of nitrogens with one attached hydrogen (secondary N) is 1. The average molecular weight is 328 g/mol. The number of carbonyl (C=O) groups is 1. The summed E-state index contributed by atoms with van der Waals surface area (Å²) < 4.78 is 5.92. The first-order chi connectivity index (χ1) is 10.8. The molecule has 13 nitrogen and oxygen atoms in total. The molecule has 4 atom stereocenters. The van der Waals surface area contributed by atoms with Crippen LogP contribution < -0.4 is 11.0 Å². The molecule has 1 saturated heterocycles. The van der Waals surface area contributed by atoms with Gasteiger partial charge in [-0.15, -0.1) is 0 Å². The van der Waals surface area contributed by atoms with Gasteiger partial charge in [-0.25, -0.2) is 9.59 Å². The fourth-order valence-electron chi connectivity index (χ4n) is 2.10. The standard InChI is InChI=1S/C10H12N6O7/c11-15-14-10(3-17)6(19)5(18)7(23-10)16-2-1-4(12-8(16)20)13-9(21)22/h1-2,5-7,17-19H,3H2,(H,21,22)(H,12,13,20). The normalized spacial score (nSPS) is 29.8. The van der Waals surface area contributed by atoms with Crippen molar-refractivity contribution < 1.29 is 30.0 Å². The first-order valence-corrected chi connectivity index (χ1v) is 6.15. The summed E-state index contributed by atoms with van der Waals surface area (Å²) in [6, 6.07) is 1.12. The Kier molecular flexibility index (Phi) is 4.49. The Labute approximate surface area is 127 Å². The molecule has 13 heteroatoms. The smallest absolute Gasteiger partial charge is 0.410 e. The maximum Gasteiger partial charge on any atom is 0.410 e. The van der Waals surface area contributed by atoms with Gasteiger partial charge in [-0.3, -0.25) is 9.88 Å². The number of hydrogen-bond donors (Lipinski definition) is 5. The van der Waals surface area contributed by atoms with Crippen LogP contribution in [0.15, 0.2) is 22.2 Å². The number of ether oxygens (including phenoxy) is 1. The maximum absolute atomic E-state index is 11.9. The van der Waals surface area contributed by atoms with Gasteiger partial charge >= 0.3 is 11.8 Å². The summed E-state index contributed by atoms with van der Waals surface area (Å²) in [4.78, 5) is 28.2. The zero-order valence-corrected chi connectivity index (χ0v) is 11.3. The van der Waals surface area contributed by atoms with Crippen molar-refractivity contribution in [2.75, 3.05) is 11.9 Å². The molecule has 5 N–H and O–H groups in total. The lowest BCUT2D eigenvalue weighted by Crippen LogP contribution is -2.44. The van der Waals surface area contributed by atoms with Gasteiger partial charge in [0.15, 0.2) is 6.23 Å². The van der Waals surface area contributed by atoms with Crippen molar-refractivity contribution in [1.29, 1.82) is 0 Å². The summed E-state index contributed by atoms with van der Waals surface area (Å²) in [5.74, 6) is -0.254. The fraction of sp³-hybridized carbons (Fsp3) is 0.500. The lowest BCUT2D eigenvalue weighted by molar-refractivity contribution is -0.125. The molecule has 124 valence electrons. The highest BCUT2D eigenvalue weighted by molar-refractivity contribution is 5.81. The summed E-state index contributed by atoms with van der Waals surface area (Å²) in [6.45, 7) is -0.938. The number of aromatic nitrogens is 2. The zero-order valence-electron chi connectivity index (χ0n) is 11.3. The summed E-state index contributed by atoms with van der Waals surface area (Å²) in [5, 5.41) is 42.7. The highest BCUT2D eigenvalue weighted by Gasteiger charge is 2.54. The molecule has 0 saturated carbocycles. The Morgan fingerprint density at radius 2 is 2.30 bits per heavy atom. The quantitative estimate of drug-likeness (QED) is 0.251. The molecule has 4 unspecified atom stereocenters. The molecule has 1 amide bonds. The lowest BCUT2D eigenvalue weighted by atomic mass is 10.1. The topological polar surface area (TPSA) is 203 Å². The van der Waals surface area contributed by atoms with E-state index in [2.05, 4.69) is 15.0 Å². The third-order valence-electron chi connectivity index (χ3n) is 3.18. The molecule has 1 aromatic heterocycles. The molecule has 1 aromatic rings. The average Bonchev–Trinajstić information content (AvgIpc) is 2.73. The molecule has 23 heavy (non-hydrogen) atoms. The van der Waals surface area contributed by atoms with E-state index in [1.807, 2.05) is 5.32 Å². The summed E-state index contributed by atoms with van der Waals surface area (Å²) in [5.41, 5.74) is 5.33. The largest absolute Gasteiger partial charge is 0.465 e. The summed E-state index contributed by atoms with van der Waals surface area (Å²) in [7, 11) is 0. The van der Waals surface area contributed by atoms with Gasteiger partial charge < -0.3 is 25.2 Å². The van der Waals surface area contributed by atoms with E-state index in [-0.39, 0.29) is 5.82 Å². The van der Waals surface area contributed by atoms with Crippen molar-refractivity contribution in [3.63, 3.8) is 0 Å². The van der Waals surface area contributed by atoms with Crippen molar-refractivity contribution in [3.05, 3.63) is 33.2 Å². The first-order valence-electron chi connectivity index (χ1n) is 6.15. The van der Waals surface area contributed by atoms with Gasteiger partial charge in [0.1, 0.15) is 18.0 Å². The lowest BCUT2D eigenvalue weighted by Gasteiger charge is -2.23. The highest BCUT2D eigenvalue weighted by atomic mass is 16.6. The van der Waals surface area contributed by atoms with E-state index in [0.717, 1.165) is 16.8 Å². The number of hydrogen-bond acceptors (Lipinski definition) is 8. The summed E-state index contributed by atoms with van der Waals surface area (Å²) in [6.07, 6.45) is -5.36. The molecule has 0 aromatic carbocycles. The molecule has 1 aliphatic rings. The van der Waals surface area contributed by atoms with E-state index in [1.165, 1.54) is 0 Å². The Morgan fingerprint density at radius 3 is 2.83 bits per heavy atom. The minimum atomic E-state index is -2.16. The van der Waals surface area contributed by atoms with Crippen LogP contribution in [-0.4, -0.2) is 60.6 Å². The molecular weight excluding hydrogens is 316 g/mol. The van der Waals surface area contributed by atoms with E-state index >= 15 is 0 Å². The first kappa shape index (κ1) is 16.7. The number of aliphatic hydroxyl groups excluding tert-OH is 3. The van der Waals surface area contributed by atoms with Crippen LogP contribution in [0.4, 0.5) is 10.6 Å². The third-order valence-corrected chi connectivity index (χ3v) is 3.18. The molecule has 2 rings (SSSR count). The minimum Gasteiger partial charge on any atom is -0.465 e. The number of anilines is 1. The monoisotopic (exact) mass is 328 g/mol. The number of amides is 1. The van der Waals surface area contributed by atoms with Crippen molar-refractivity contribution in [2.45, 2.75) is 24.2 Å². The fourth-order valence-corrected chi connectivity index (χ4v) is 2.10. The van der Waals surface area contributed by atoms with Crippen molar-refractivity contribution in [2.24, 2.45) is 5.11 Å². The van der Waals surface area contributed by atoms with E-state index in [0.29, 0.717) is 0 Å². The zero-order chi connectivity index (χ0) is 17.2. The number of rotatable bonds is 4. The third kappa shape index (κ3) is 2.94. The van der Waals surface area contributed by atoms with E-state index < -0.39 is 42.6 Å². The minimum absolute atomic E-state index is 0.254. The predicted molar refractivity (Wildman–Crippen MR) is 71.2 cm³/mol. The van der Waals surface area contributed by atoms with Crippen molar-refractivity contribution >= 4 is 11.9 Å². The second-order valence-corrected chi connectivity index (χ2v) is 4.57. The summed E-state index contributed by atoms with van der Waals surface area (Å²) >= 11 is 0. The van der Waals surface area contributed by atoms with Crippen LogP contribution in [0.2, 0.25) is 0 Å². The molecule has 0 radical (unpaired) electrons. The van der Waals surface area contributed by atoms with E-state index in [9.17, 15) is 24.9 Å². The number of aliphatic hydroxyl groups is 3. The Morgan fingerprint density at radius 1 is 1.61 bits per heavy atom. The van der Waals surface area contributed by atoms with Crippen LogP contribution in [0.25, 0.3) is 10.4 Å². The van der Waals surface area contributed by atoms with Crippen molar-refractivity contribution in [1.82, 2.24) is 9.55 Å². The van der Waals surface area contributed by atoms with Crippen LogP contribution in [0.3, 0.4) is 0 Å². The van der Waals surface area contributed by atoms with Crippen LogP contribution in [0.1, 0.15) is 6.23 Å². The van der Waals surface area contributed by atoms with E-state index in [1.54, 1.807) is 0 Å². The Hall–Kier alpha value is -2.70. The molecule has 0 aliphatic carbocycles. The van der Waals surface area contributed by atoms with Crippen molar-refractivity contribution in [3.8, 4) is 0 Å². The number of carboxylic acid groups (broad SMARTS) is 1. The highest BCUT2D eigenvalue weighted by Crippen LogP contribution is 2.37. The maximum atomic E-state index is 11.9. The van der Waals surface area contributed by atoms with Gasteiger partial charge in [0, 0.05) is 11.1 Å². The molecule has 1 fully saturated rings.